The molecule has 0 aliphatic carbocycles. The number of hydrogen-bond acceptors (Lipinski definition) is 3. The van der Waals surface area contributed by atoms with Gasteiger partial charge in [-0.05, 0) is 31.4 Å². The summed E-state index contributed by atoms with van der Waals surface area (Å²) in [5, 5.41) is 17.7. The average molecular weight is 316 g/mol. The summed E-state index contributed by atoms with van der Waals surface area (Å²) in [6.45, 7) is 1.17. The summed E-state index contributed by atoms with van der Waals surface area (Å²) in [5.74, 6) is -1.05. The summed E-state index contributed by atoms with van der Waals surface area (Å²) in [5.41, 5.74) is -4.88. The lowest BCUT2D eigenvalue weighted by Gasteiger charge is -2.30. The molecule has 0 bridgehead atoms. The second-order valence-corrected chi connectivity index (χ2v) is 4.74. The molecule has 0 aromatic heterocycles. The SMILES string of the molecule is CC(C)(Oc1ccc(B(O)O)cc1C(F)(F)F)C(F)(F)F. The van der Waals surface area contributed by atoms with Crippen molar-refractivity contribution in [3.05, 3.63) is 23.8 Å². The Morgan fingerprint density at radius 2 is 1.52 bits per heavy atom. The molecule has 1 aromatic carbocycles. The molecule has 1 rings (SSSR count). The Balaban J connectivity index is 3.31. The zero-order valence-electron chi connectivity index (χ0n) is 10.9. The van der Waals surface area contributed by atoms with E-state index in [0.717, 1.165) is 6.07 Å². The van der Waals surface area contributed by atoms with Crippen LogP contribution in [0, 0.1) is 0 Å². The zero-order chi connectivity index (χ0) is 16.6. The van der Waals surface area contributed by atoms with Crippen LogP contribution >= 0.6 is 0 Å². The van der Waals surface area contributed by atoms with Crippen LogP contribution in [0.15, 0.2) is 18.2 Å². The Kier molecular flexibility index (Phi) is 4.55. The highest BCUT2D eigenvalue weighted by Gasteiger charge is 2.51. The third kappa shape index (κ3) is 4.04. The van der Waals surface area contributed by atoms with Crippen molar-refractivity contribution >= 4 is 12.6 Å². The van der Waals surface area contributed by atoms with E-state index in [1.54, 1.807) is 0 Å². The van der Waals surface area contributed by atoms with Gasteiger partial charge in [0, 0.05) is 0 Å². The minimum Gasteiger partial charge on any atom is -0.478 e. The van der Waals surface area contributed by atoms with Gasteiger partial charge in [-0.25, -0.2) is 0 Å². The van der Waals surface area contributed by atoms with Gasteiger partial charge in [0.15, 0.2) is 5.60 Å². The Hall–Kier alpha value is -1.42. The van der Waals surface area contributed by atoms with Gasteiger partial charge < -0.3 is 14.8 Å². The largest absolute Gasteiger partial charge is 0.488 e. The third-order valence-electron chi connectivity index (χ3n) is 2.65. The molecule has 10 heteroatoms. The monoisotopic (exact) mass is 316 g/mol. The van der Waals surface area contributed by atoms with E-state index < -0.39 is 41.8 Å². The number of alkyl halides is 6. The molecule has 1 aromatic rings. The number of ether oxygens (including phenoxy) is 1. The lowest BCUT2D eigenvalue weighted by Crippen LogP contribution is -2.45. The van der Waals surface area contributed by atoms with Crippen molar-refractivity contribution in [3.8, 4) is 5.75 Å². The van der Waals surface area contributed by atoms with Crippen molar-refractivity contribution in [1.29, 1.82) is 0 Å². The van der Waals surface area contributed by atoms with Crippen LogP contribution in [0.2, 0.25) is 0 Å². The van der Waals surface area contributed by atoms with Crippen LogP contribution in [0.4, 0.5) is 26.3 Å². The maximum Gasteiger partial charge on any atom is 0.488 e. The predicted molar refractivity (Wildman–Crippen MR) is 62.0 cm³/mol. The minimum atomic E-state index is -5.01. The maximum absolute atomic E-state index is 12.8. The first-order valence-corrected chi connectivity index (χ1v) is 5.59. The third-order valence-corrected chi connectivity index (χ3v) is 2.65. The van der Waals surface area contributed by atoms with Crippen molar-refractivity contribution in [2.45, 2.75) is 31.8 Å². The molecule has 0 radical (unpaired) electrons. The summed E-state index contributed by atoms with van der Waals surface area (Å²) < 4.78 is 81.0. The smallest absolute Gasteiger partial charge is 0.478 e. The van der Waals surface area contributed by atoms with Gasteiger partial charge in [0.05, 0.1) is 5.56 Å². The summed E-state index contributed by atoms with van der Waals surface area (Å²) in [6, 6.07) is 1.78. The van der Waals surface area contributed by atoms with Crippen molar-refractivity contribution in [3.63, 3.8) is 0 Å². The van der Waals surface area contributed by atoms with Crippen LogP contribution < -0.4 is 10.2 Å². The highest BCUT2D eigenvalue weighted by molar-refractivity contribution is 6.58. The van der Waals surface area contributed by atoms with Gasteiger partial charge in [-0.15, -0.1) is 0 Å². The fourth-order valence-corrected chi connectivity index (χ4v) is 1.35. The lowest BCUT2D eigenvalue weighted by atomic mass is 9.79. The molecule has 0 heterocycles. The number of benzene rings is 1. The molecular weight excluding hydrogens is 305 g/mol. The normalized spacial score (nSPS) is 13.2. The van der Waals surface area contributed by atoms with Gasteiger partial charge >= 0.3 is 19.5 Å². The van der Waals surface area contributed by atoms with E-state index in [1.165, 1.54) is 0 Å². The first-order chi connectivity index (χ1) is 9.25. The van der Waals surface area contributed by atoms with E-state index in [1.807, 2.05) is 0 Å². The highest BCUT2D eigenvalue weighted by atomic mass is 19.4. The maximum atomic E-state index is 12.8. The van der Waals surface area contributed by atoms with Crippen LogP contribution in [0.25, 0.3) is 0 Å². The molecular formula is C11H11BF6O3. The summed E-state index contributed by atoms with van der Waals surface area (Å²) in [6.07, 6.45) is -9.90. The van der Waals surface area contributed by atoms with Crippen molar-refractivity contribution in [2.24, 2.45) is 0 Å². The predicted octanol–water partition coefficient (Wildman–Crippen LogP) is 2.10. The first-order valence-electron chi connectivity index (χ1n) is 5.59. The molecule has 3 nitrogen and oxygen atoms in total. The fourth-order valence-electron chi connectivity index (χ4n) is 1.35. The molecule has 0 unspecified atom stereocenters. The van der Waals surface area contributed by atoms with E-state index in [4.69, 9.17) is 10.0 Å². The minimum absolute atomic E-state index is 0.326. The number of hydrogen-bond donors (Lipinski definition) is 2. The van der Waals surface area contributed by atoms with Gasteiger partial charge in [-0.1, -0.05) is 6.07 Å². The second-order valence-electron chi connectivity index (χ2n) is 4.74. The van der Waals surface area contributed by atoms with E-state index in [2.05, 4.69) is 4.74 Å². The topological polar surface area (TPSA) is 49.7 Å². The summed E-state index contributed by atoms with van der Waals surface area (Å²) >= 11 is 0. The Morgan fingerprint density at radius 3 is 1.90 bits per heavy atom. The quantitative estimate of drug-likeness (QED) is 0.663. The molecule has 0 spiro atoms. The molecule has 2 N–H and O–H groups in total. The first kappa shape index (κ1) is 17.6. The van der Waals surface area contributed by atoms with Gasteiger partial charge in [-0.2, -0.15) is 26.3 Å². The van der Waals surface area contributed by atoms with Gasteiger partial charge in [0.25, 0.3) is 0 Å². The molecule has 0 aliphatic heterocycles. The number of halogens is 6. The van der Waals surface area contributed by atoms with Crippen LogP contribution in [0.3, 0.4) is 0 Å². The highest BCUT2D eigenvalue weighted by Crippen LogP contribution is 2.40. The van der Waals surface area contributed by atoms with E-state index >= 15 is 0 Å². The fraction of sp³-hybridized carbons (Fsp3) is 0.455. The van der Waals surface area contributed by atoms with Crippen molar-refractivity contribution in [1.82, 2.24) is 0 Å². The van der Waals surface area contributed by atoms with Gasteiger partial charge in [0.1, 0.15) is 5.75 Å². The van der Waals surface area contributed by atoms with Crippen molar-refractivity contribution < 1.29 is 41.1 Å². The summed E-state index contributed by atoms with van der Waals surface area (Å²) in [7, 11) is -2.18. The Morgan fingerprint density at radius 1 is 1.00 bits per heavy atom. The second kappa shape index (κ2) is 5.41. The van der Waals surface area contributed by atoms with Crippen LogP contribution in [0.1, 0.15) is 19.4 Å². The summed E-state index contributed by atoms with van der Waals surface area (Å²) in [4.78, 5) is 0. The van der Waals surface area contributed by atoms with E-state index in [-0.39, 0.29) is 0 Å². The standard InChI is InChI=1S/C11H11BF6O3/c1-9(2,11(16,17)18)21-8-4-3-6(12(19)20)5-7(8)10(13,14)15/h3-5,19-20H,1-2H3. The van der Waals surface area contributed by atoms with Gasteiger partial charge in [-0.3, -0.25) is 0 Å². The lowest BCUT2D eigenvalue weighted by molar-refractivity contribution is -0.236. The van der Waals surface area contributed by atoms with E-state index in [0.29, 0.717) is 26.0 Å². The van der Waals surface area contributed by atoms with Crippen molar-refractivity contribution in [2.75, 3.05) is 0 Å². The Labute approximate surface area is 116 Å². The zero-order valence-corrected chi connectivity index (χ0v) is 10.9. The molecule has 0 saturated carbocycles. The molecule has 0 fully saturated rings. The molecule has 0 saturated heterocycles. The molecule has 0 atom stereocenters. The number of rotatable bonds is 3. The van der Waals surface area contributed by atoms with Crippen LogP contribution in [-0.4, -0.2) is 28.9 Å². The van der Waals surface area contributed by atoms with E-state index in [9.17, 15) is 26.3 Å². The molecule has 0 aliphatic rings. The molecule has 118 valence electrons. The van der Waals surface area contributed by atoms with Crippen LogP contribution in [0.5, 0.6) is 5.75 Å². The average Bonchev–Trinajstić information content (AvgIpc) is 2.25. The van der Waals surface area contributed by atoms with Gasteiger partial charge in [0.2, 0.25) is 0 Å². The van der Waals surface area contributed by atoms with Crippen LogP contribution in [-0.2, 0) is 6.18 Å². The molecule has 21 heavy (non-hydrogen) atoms. The molecule has 0 amide bonds. The Bertz CT molecular complexity index is 510.